The zero-order valence-electron chi connectivity index (χ0n) is 22.1. The molecule has 0 aliphatic heterocycles. The topological polar surface area (TPSA) is 120 Å². The van der Waals surface area contributed by atoms with Gasteiger partial charge in [-0.05, 0) is 80.1 Å². The average Bonchev–Trinajstić information content (AvgIpc) is 3.29. The third-order valence-electron chi connectivity index (χ3n) is 7.03. The number of rotatable bonds is 10. The van der Waals surface area contributed by atoms with Gasteiger partial charge in [-0.3, -0.25) is 4.21 Å². The molecule has 13 heteroatoms. The lowest BCUT2D eigenvalue weighted by atomic mass is 9.95. The molecule has 0 bridgehead atoms. The summed E-state index contributed by atoms with van der Waals surface area (Å²) in [6, 6.07) is 12.7. The number of carboxylic acid groups (broad SMARTS) is 1. The monoisotopic (exact) mass is 625 g/mol. The van der Waals surface area contributed by atoms with Crippen LogP contribution in [0.1, 0.15) is 45.0 Å². The van der Waals surface area contributed by atoms with Crippen LogP contribution < -0.4 is 4.72 Å². The summed E-state index contributed by atoms with van der Waals surface area (Å²) >= 11 is 0.0162. The van der Waals surface area contributed by atoms with Crippen molar-refractivity contribution in [3.63, 3.8) is 0 Å². The largest absolute Gasteiger partial charge is 0.755 e. The predicted molar refractivity (Wildman–Crippen MR) is 158 cm³/mol. The van der Waals surface area contributed by atoms with Crippen molar-refractivity contribution in [1.82, 2.24) is 14.8 Å². The van der Waals surface area contributed by atoms with E-state index in [-0.39, 0.29) is 23.6 Å². The predicted octanol–water partition coefficient (Wildman–Crippen LogP) is 6.76. The Bertz CT molecular complexity index is 1840. The van der Waals surface area contributed by atoms with Gasteiger partial charge in [0.15, 0.2) is 5.69 Å². The van der Waals surface area contributed by atoms with Crippen LogP contribution in [-0.2, 0) is 24.1 Å². The van der Waals surface area contributed by atoms with E-state index in [0.717, 1.165) is 45.7 Å². The van der Waals surface area contributed by atoms with E-state index < -0.39 is 23.1 Å². The summed E-state index contributed by atoms with van der Waals surface area (Å²) in [6.45, 7) is 1.95. The van der Waals surface area contributed by atoms with Gasteiger partial charge in [0.25, 0.3) is 0 Å². The van der Waals surface area contributed by atoms with Crippen LogP contribution in [0.4, 0.5) is 14.5 Å². The molecule has 1 saturated carbocycles. The summed E-state index contributed by atoms with van der Waals surface area (Å²) in [7, 11) is 0. The van der Waals surface area contributed by atoms with Gasteiger partial charge in [-0.1, -0.05) is 6.07 Å². The van der Waals surface area contributed by atoms with Crippen molar-refractivity contribution in [3.8, 4) is 26.8 Å². The number of carbonyl (C=O) groups is 1. The Balaban J connectivity index is 1.52. The third-order valence-corrected chi connectivity index (χ3v) is 9.28. The lowest BCUT2D eigenvalue weighted by Gasteiger charge is -2.12. The number of aryl methyl sites for hydroxylation is 1. The first-order valence-corrected chi connectivity index (χ1v) is 15.7. The van der Waals surface area contributed by atoms with E-state index in [0.29, 0.717) is 45.4 Å². The molecule has 0 amide bonds. The second-order valence-corrected chi connectivity index (χ2v) is 12.9. The summed E-state index contributed by atoms with van der Waals surface area (Å²) in [6.07, 6.45) is 2.79. The van der Waals surface area contributed by atoms with Gasteiger partial charge in [-0.2, -0.15) is 5.10 Å². The fraction of sp³-hybridized carbons (Fsp3) is 0.207. The number of hydrogen-bond donors (Lipinski definition) is 2. The quantitative estimate of drug-likeness (QED) is 0.166. The first-order valence-electron chi connectivity index (χ1n) is 13.0. The van der Waals surface area contributed by atoms with Crippen LogP contribution in [0.3, 0.4) is 0 Å². The lowest BCUT2D eigenvalue weighted by Crippen LogP contribution is -2.07. The molecule has 42 heavy (non-hydrogen) atoms. The second-order valence-electron chi connectivity index (χ2n) is 10.1. The van der Waals surface area contributed by atoms with Crippen LogP contribution in [0.25, 0.3) is 26.8 Å². The minimum absolute atomic E-state index is 0.0945. The molecule has 216 valence electrons. The highest BCUT2D eigenvalue weighted by Crippen LogP contribution is 2.40. The summed E-state index contributed by atoms with van der Waals surface area (Å²) in [5.41, 5.74) is 3.35. The summed E-state index contributed by atoms with van der Waals surface area (Å²) in [5, 5.41) is 16.2. The molecule has 2 aromatic carbocycles. The molecule has 3 aromatic heterocycles. The Hall–Kier alpha value is -3.78. The number of anilines is 1. The molecule has 0 spiro atoms. The van der Waals surface area contributed by atoms with Crippen LogP contribution in [0.5, 0.6) is 0 Å². The molecule has 1 aliphatic carbocycles. The van der Waals surface area contributed by atoms with Crippen LogP contribution >= 0.6 is 22.7 Å². The Labute approximate surface area is 250 Å². The molecular formula is C29H23F2N4O4S3-. The highest BCUT2D eigenvalue weighted by atomic mass is 32.2. The number of benzene rings is 2. The van der Waals surface area contributed by atoms with Crippen molar-refractivity contribution in [3.05, 3.63) is 92.9 Å². The minimum Gasteiger partial charge on any atom is -0.755 e. The van der Waals surface area contributed by atoms with Crippen LogP contribution in [0.2, 0.25) is 0 Å². The zero-order valence-corrected chi connectivity index (χ0v) is 24.5. The standard InChI is InChI=1S/C29H24F2N4O4S3/c1-15-2-9-26(41-15)20-12-18(6-8-22(20)30)27-21(11-17-5-7-19(13-23(17)31)34-42(38)39)25(10-16-3-4-16)35(33-27)29-32-24(14-40-29)28(36)37/h2,5-9,12-14,16,34H,3-4,10-11H2,1H3,(H,36,37)(H,38,39)/p-1. The van der Waals surface area contributed by atoms with E-state index in [9.17, 15) is 18.7 Å². The van der Waals surface area contributed by atoms with Gasteiger partial charge < -0.3 is 14.4 Å². The number of aromatic nitrogens is 3. The summed E-state index contributed by atoms with van der Waals surface area (Å²) < 4.78 is 56.2. The van der Waals surface area contributed by atoms with Gasteiger partial charge in [0.1, 0.15) is 11.6 Å². The van der Waals surface area contributed by atoms with Gasteiger partial charge >= 0.3 is 5.97 Å². The first-order chi connectivity index (χ1) is 20.2. The maximum Gasteiger partial charge on any atom is 0.355 e. The van der Waals surface area contributed by atoms with Gasteiger partial charge in [0, 0.05) is 55.2 Å². The summed E-state index contributed by atoms with van der Waals surface area (Å²) in [5.74, 6) is -1.74. The van der Waals surface area contributed by atoms with Crippen molar-refractivity contribution in [2.75, 3.05) is 4.72 Å². The number of halogens is 2. The lowest BCUT2D eigenvalue weighted by molar-refractivity contribution is 0.0691. The van der Waals surface area contributed by atoms with Gasteiger partial charge in [-0.15, -0.1) is 22.7 Å². The average molecular weight is 626 g/mol. The number of thiazole rings is 1. The molecular weight excluding hydrogens is 603 g/mol. The van der Waals surface area contributed by atoms with Crippen LogP contribution in [-0.4, -0.2) is 34.6 Å². The fourth-order valence-electron chi connectivity index (χ4n) is 4.81. The number of hydrogen-bond acceptors (Lipinski definition) is 7. The van der Waals surface area contributed by atoms with E-state index in [1.165, 1.54) is 34.9 Å². The third kappa shape index (κ3) is 5.91. The molecule has 3 heterocycles. The Morgan fingerprint density at radius 2 is 1.98 bits per heavy atom. The van der Waals surface area contributed by atoms with E-state index in [2.05, 4.69) is 9.71 Å². The Kier molecular flexibility index (Phi) is 7.75. The minimum atomic E-state index is -2.60. The highest BCUT2D eigenvalue weighted by molar-refractivity contribution is 7.80. The van der Waals surface area contributed by atoms with Crippen molar-refractivity contribution in [1.29, 1.82) is 0 Å². The maximum atomic E-state index is 15.3. The first kappa shape index (κ1) is 28.3. The van der Waals surface area contributed by atoms with Crippen molar-refractivity contribution < 1.29 is 27.4 Å². The van der Waals surface area contributed by atoms with Gasteiger partial charge in [-0.25, -0.2) is 23.2 Å². The molecule has 0 radical (unpaired) electrons. The number of aromatic carboxylic acids is 1. The molecule has 1 atom stereocenters. The summed E-state index contributed by atoms with van der Waals surface area (Å²) in [4.78, 5) is 17.7. The Morgan fingerprint density at radius 3 is 2.62 bits per heavy atom. The number of nitrogens with zero attached hydrogens (tertiary/aromatic N) is 3. The van der Waals surface area contributed by atoms with Gasteiger partial charge in [0.05, 0.1) is 11.4 Å². The molecule has 8 nitrogen and oxygen atoms in total. The van der Waals surface area contributed by atoms with E-state index in [4.69, 9.17) is 5.10 Å². The molecule has 1 aliphatic rings. The van der Waals surface area contributed by atoms with Gasteiger partial charge in [0.2, 0.25) is 5.13 Å². The Morgan fingerprint density at radius 1 is 1.17 bits per heavy atom. The highest BCUT2D eigenvalue weighted by Gasteiger charge is 2.30. The second kappa shape index (κ2) is 11.5. The van der Waals surface area contributed by atoms with Crippen LogP contribution in [0, 0.1) is 24.5 Å². The maximum absolute atomic E-state index is 15.3. The van der Waals surface area contributed by atoms with Crippen molar-refractivity contribution in [2.24, 2.45) is 5.92 Å². The molecule has 2 N–H and O–H groups in total. The number of nitrogens with one attached hydrogen (secondary N) is 1. The van der Waals surface area contributed by atoms with Crippen LogP contribution in [0.15, 0.2) is 53.9 Å². The fourth-order valence-corrected chi connectivity index (χ4v) is 6.78. The van der Waals surface area contributed by atoms with E-state index in [1.807, 2.05) is 19.1 Å². The number of thiophene rings is 1. The van der Waals surface area contributed by atoms with E-state index in [1.54, 1.807) is 16.8 Å². The number of carboxylic acids is 1. The molecule has 1 unspecified atom stereocenters. The SMILES string of the molecule is Cc1ccc(-c2cc(-c3nn(-c4nc(C(=O)O)cs4)c(CC4CC4)c3Cc3ccc(NS(=O)[O-])cc3F)ccc2F)s1. The molecule has 5 aromatic rings. The normalized spacial score (nSPS) is 13.8. The van der Waals surface area contributed by atoms with Crippen molar-refractivity contribution in [2.45, 2.75) is 32.6 Å². The smallest absolute Gasteiger partial charge is 0.355 e. The molecule has 6 rings (SSSR count). The van der Waals surface area contributed by atoms with Crippen molar-refractivity contribution >= 4 is 45.6 Å². The molecule has 1 fully saturated rings. The molecule has 0 saturated heterocycles. The van der Waals surface area contributed by atoms with E-state index >= 15 is 8.78 Å². The zero-order chi connectivity index (χ0) is 29.5.